The van der Waals surface area contributed by atoms with Gasteiger partial charge in [-0.05, 0) is 31.7 Å². The van der Waals surface area contributed by atoms with Crippen LogP contribution in [0.5, 0.6) is 0 Å². The van der Waals surface area contributed by atoms with Crippen LogP contribution < -0.4 is 5.32 Å². The SMILES string of the molecule is C[C@@H]([C@H](C)OC1CCCCO1)[C@@H](C#N)N[C@@H](CO)c1ccccc1. The van der Waals surface area contributed by atoms with Gasteiger partial charge >= 0.3 is 0 Å². The monoisotopic (exact) mass is 332 g/mol. The fourth-order valence-corrected chi connectivity index (χ4v) is 2.92. The van der Waals surface area contributed by atoms with Crippen LogP contribution in [-0.2, 0) is 9.47 Å². The highest BCUT2D eigenvalue weighted by atomic mass is 16.7. The first-order valence-electron chi connectivity index (χ1n) is 8.74. The van der Waals surface area contributed by atoms with Crippen LogP contribution in [0.1, 0.15) is 44.7 Å². The summed E-state index contributed by atoms with van der Waals surface area (Å²) in [4.78, 5) is 0. The Hall–Kier alpha value is -1.45. The highest BCUT2D eigenvalue weighted by molar-refractivity contribution is 5.19. The summed E-state index contributed by atoms with van der Waals surface area (Å²) in [6.45, 7) is 4.65. The molecule has 1 fully saturated rings. The predicted molar refractivity (Wildman–Crippen MR) is 92.1 cm³/mol. The predicted octanol–water partition coefficient (Wildman–Crippen LogP) is 2.77. The number of aliphatic hydroxyl groups excluding tert-OH is 1. The topological polar surface area (TPSA) is 74.5 Å². The van der Waals surface area contributed by atoms with E-state index < -0.39 is 6.04 Å². The Morgan fingerprint density at radius 2 is 2.08 bits per heavy atom. The molecule has 5 nitrogen and oxygen atoms in total. The normalized spacial score (nSPS) is 23.0. The Balaban J connectivity index is 1.94. The molecule has 1 aromatic rings. The molecule has 1 saturated heterocycles. The molecular formula is C19H28N2O3. The lowest BCUT2D eigenvalue weighted by Crippen LogP contribution is -2.43. The average Bonchev–Trinajstić information content (AvgIpc) is 2.64. The molecule has 2 rings (SSSR count). The maximum absolute atomic E-state index is 9.68. The van der Waals surface area contributed by atoms with Gasteiger partial charge in [0.05, 0.1) is 24.8 Å². The molecule has 5 heteroatoms. The lowest BCUT2D eigenvalue weighted by molar-refractivity contribution is -0.194. The van der Waals surface area contributed by atoms with Crippen molar-refractivity contribution in [2.75, 3.05) is 13.2 Å². The van der Waals surface area contributed by atoms with Crippen molar-refractivity contribution in [1.29, 1.82) is 5.26 Å². The number of nitrogens with one attached hydrogen (secondary N) is 1. The minimum atomic E-state index is -0.416. The number of rotatable bonds is 8. The molecule has 0 bridgehead atoms. The number of ether oxygens (including phenoxy) is 2. The highest BCUT2D eigenvalue weighted by Crippen LogP contribution is 2.22. The molecule has 1 unspecified atom stereocenters. The molecule has 1 aromatic carbocycles. The van der Waals surface area contributed by atoms with E-state index in [0.717, 1.165) is 31.4 Å². The van der Waals surface area contributed by atoms with Crippen molar-refractivity contribution in [2.45, 2.75) is 57.6 Å². The van der Waals surface area contributed by atoms with Gasteiger partial charge in [0.25, 0.3) is 0 Å². The van der Waals surface area contributed by atoms with E-state index in [1.807, 2.05) is 44.2 Å². The summed E-state index contributed by atoms with van der Waals surface area (Å²) in [5.74, 6) is -0.0294. The fraction of sp³-hybridized carbons (Fsp3) is 0.632. The molecule has 0 saturated carbocycles. The van der Waals surface area contributed by atoms with Crippen LogP contribution >= 0.6 is 0 Å². The van der Waals surface area contributed by atoms with Crippen LogP contribution in [0, 0.1) is 17.2 Å². The van der Waals surface area contributed by atoms with Gasteiger partial charge in [-0.25, -0.2) is 0 Å². The molecule has 1 aliphatic heterocycles. The Bertz CT molecular complexity index is 511. The third kappa shape index (κ3) is 5.29. The van der Waals surface area contributed by atoms with Crippen LogP contribution in [0.25, 0.3) is 0 Å². The van der Waals surface area contributed by atoms with E-state index in [9.17, 15) is 10.4 Å². The number of nitriles is 1. The third-order valence-electron chi connectivity index (χ3n) is 4.67. The van der Waals surface area contributed by atoms with Gasteiger partial charge in [0.2, 0.25) is 0 Å². The van der Waals surface area contributed by atoms with E-state index in [1.165, 1.54) is 0 Å². The summed E-state index contributed by atoms with van der Waals surface area (Å²) in [5, 5.41) is 22.5. The molecule has 1 aliphatic rings. The number of benzene rings is 1. The van der Waals surface area contributed by atoms with Crippen LogP contribution in [0.3, 0.4) is 0 Å². The van der Waals surface area contributed by atoms with E-state index in [0.29, 0.717) is 0 Å². The lowest BCUT2D eigenvalue weighted by Gasteiger charge is -2.32. The first kappa shape index (κ1) is 18.9. The molecule has 0 spiro atoms. The number of hydrogen-bond donors (Lipinski definition) is 2. The van der Waals surface area contributed by atoms with Crippen LogP contribution in [0.4, 0.5) is 0 Å². The smallest absolute Gasteiger partial charge is 0.157 e. The van der Waals surface area contributed by atoms with Gasteiger partial charge in [0.1, 0.15) is 6.04 Å². The first-order chi connectivity index (χ1) is 11.7. The van der Waals surface area contributed by atoms with E-state index in [-0.39, 0.29) is 31.0 Å². The van der Waals surface area contributed by atoms with Gasteiger partial charge in [-0.15, -0.1) is 0 Å². The molecule has 5 atom stereocenters. The number of aliphatic hydroxyl groups is 1. The summed E-state index contributed by atoms with van der Waals surface area (Å²) >= 11 is 0. The van der Waals surface area contributed by atoms with E-state index in [2.05, 4.69) is 11.4 Å². The largest absolute Gasteiger partial charge is 0.394 e. The van der Waals surface area contributed by atoms with Crippen molar-refractivity contribution in [3.05, 3.63) is 35.9 Å². The van der Waals surface area contributed by atoms with Crippen molar-refractivity contribution >= 4 is 0 Å². The summed E-state index contributed by atoms with van der Waals surface area (Å²) in [7, 11) is 0. The van der Waals surface area contributed by atoms with Gasteiger partial charge in [-0.2, -0.15) is 5.26 Å². The zero-order valence-corrected chi connectivity index (χ0v) is 14.5. The molecule has 132 valence electrons. The molecule has 0 aliphatic carbocycles. The van der Waals surface area contributed by atoms with Gasteiger partial charge < -0.3 is 14.6 Å². The Morgan fingerprint density at radius 1 is 1.33 bits per heavy atom. The summed E-state index contributed by atoms with van der Waals surface area (Å²) in [6, 6.07) is 11.3. The zero-order chi connectivity index (χ0) is 17.4. The first-order valence-corrected chi connectivity index (χ1v) is 8.74. The molecule has 24 heavy (non-hydrogen) atoms. The molecule has 0 radical (unpaired) electrons. The number of hydrogen-bond acceptors (Lipinski definition) is 5. The second kappa shape index (κ2) is 9.75. The molecule has 0 amide bonds. The Kier molecular flexibility index (Phi) is 7.67. The van der Waals surface area contributed by atoms with Crippen molar-refractivity contribution in [2.24, 2.45) is 5.92 Å². The van der Waals surface area contributed by atoms with Crippen LogP contribution in [0.2, 0.25) is 0 Å². The lowest BCUT2D eigenvalue weighted by atomic mass is 9.95. The van der Waals surface area contributed by atoms with Crippen LogP contribution in [-0.4, -0.2) is 36.8 Å². The Labute approximate surface area is 144 Å². The van der Waals surface area contributed by atoms with Crippen LogP contribution in [0.15, 0.2) is 30.3 Å². The average molecular weight is 332 g/mol. The zero-order valence-electron chi connectivity index (χ0n) is 14.5. The van der Waals surface area contributed by atoms with Gasteiger partial charge in [-0.1, -0.05) is 37.3 Å². The fourth-order valence-electron chi connectivity index (χ4n) is 2.92. The van der Waals surface area contributed by atoms with E-state index in [1.54, 1.807) is 0 Å². The standard InChI is InChI=1S/C19H28N2O3/c1-14(15(2)24-19-10-6-7-11-23-19)17(12-20)21-18(13-22)16-8-4-3-5-9-16/h3-5,8-9,14-15,17-19,21-22H,6-7,10-11,13H2,1-2H3/t14-,15-,17+,18-,19?/m0/s1. The highest BCUT2D eigenvalue weighted by Gasteiger charge is 2.28. The van der Waals surface area contributed by atoms with Crippen molar-refractivity contribution in [3.8, 4) is 6.07 Å². The van der Waals surface area contributed by atoms with Crippen molar-refractivity contribution in [1.82, 2.24) is 5.32 Å². The van der Waals surface area contributed by atoms with E-state index in [4.69, 9.17) is 9.47 Å². The summed E-state index contributed by atoms with van der Waals surface area (Å²) in [5.41, 5.74) is 0.969. The quantitative estimate of drug-likeness (QED) is 0.766. The molecule has 0 aromatic heterocycles. The van der Waals surface area contributed by atoms with Gasteiger partial charge in [-0.3, -0.25) is 5.32 Å². The third-order valence-corrected chi connectivity index (χ3v) is 4.67. The summed E-state index contributed by atoms with van der Waals surface area (Å²) in [6.07, 6.45) is 2.83. The minimum Gasteiger partial charge on any atom is -0.394 e. The Morgan fingerprint density at radius 3 is 2.67 bits per heavy atom. The second-order valence-electron chi connectivity index (χ2n) is 6.42. The molecule has 1 heterocycles. The van der Waals surface area contributed by atoms with E-state index >= 15 is 0 Å². The molecular weight excluding hydrogens is 304 g/mol. The molecule has 2 N–H and O–H groups in total. The minimum absolute atomic E-state index is 0.0294. The maximum Gasteiger partial charge on any atom is 0.157 e. The van der Waals surface area contributed by atoms with Crippen molar-refractivity contribution < 1.29 is 14.6 Å². The van der Waals surface area contributed by atoms with Gasteiger partial charge in [0.15, 0.2) is 6.29 Å². The summed E-state index contributed by atoms with van der Waals surface area (Å²) < 4.78 is 11.6. The second-order valence-corrected chi connectivity index (χ2v) is 6.42. The maximum atomic E-state index is 9.68. The van der Waals surface area contributed by atoms with Gasteiger partial charge in [0, 0.05) is 12.5 Å². The number of nitrogens with zero attached hydrogens (tertiary/aromatic N) is 1. The van der Waals surface area contributed by atoms with Crippen molar-refractivity contribution in [3.63, 3.8) is 0 Å².